The van der Waals surface area contributed by atoms with Crippen LogP contribution in [-0.2, 0) is 16.6 Å². The van der Waals surface area contributed by atoms with Crippen LogP contribution >= 0.6 is 11.6 Å². The van der Waals surface area contributed by atoms with Crippen molar-refractivity contribution in [3.63, 3.8) is 0 Å². The average molecular weight is 342 g/mol. The van der Waals surface area contributed by atoms with E-state index in [1.54, 1.807) is 30.3 Å². The average Bonchev–Trinajstić information content (AvgIpc) is 2.53. The van der Waals surface area contributed by atoms with E-state index in [4.69, 9.17) is 21.1 Å². The first kappa shape index (κ1) is 16.6. The Hall–Kier alpha value is -1.76. The van der Waals surface area contributed by atoms with Crippen LogP contribution in [0.5, 0.6) is 11.5 Å². The summed E-state index contributed by atoms with van der Waals surface area (Å²) in [7, 11) is -0.623. The fourth-order valence-corrected chi connectivity index (χ4v) is 3.42. The molecule has 118 valence electrons. The molecule has 0 saturated carbocycles. The number of benzene rings is 2. The standard InChI is InChI=1S/C15H16ClNO4S/c1-20-12-7-11(8-13(9-12)21-2)10-17-22(18,19)15-6-4-3-5-14(15)16/h3-9,17H,10H2,1-2H3. The van der Waals surface area contributed by atoms with E-state index in [0.717, 1.165) is 0 Å². The zero-order valence-electron chi connectivity index (χ0n) is 12.2. The summed E-state index contributed by atoms with van der Waals surface area (Å²) in [4.78, 5) is 0.0477. The summed E-state index contributed by atoms with van der Waals surface area (Å²) in [5.41, 5.74) is 0.715. The maximum absolute atomic E-state index is 12.3. The number of hydrogen-bond acceptors (Lipinski definition) is 4. The van der Waals surface area contributed by atoms with Crippen LogP contribution < -0.4 is 14.2 Å². The van der Waals surface area contributed by atoms with Gasteiger partial charge in [-0.05, 0) is 29.8 Å². The minimum absolute atomic E-state index is 0.0477. The van der Waals surface area contributed by atoms with Gasteiger partial charge in [-0.2, -0.15) is 0 Å². The molecule has 0 aromatic heterocycles. The molecular weight excluding hydrogens is 326 g/mol. The van der Waals surface area contributed by atoms with Gasteiger partial charge in [-0.1, -0.05) is 23.7 Å². The molecule has 2 aromatic rings. The molecule has 7 heteroatoms. The third-order valence-corrected chi connectivity index (χ3v) is 4.90. The van der Waals surface area contributed by atoms with E-state index in [9.17, 15) is 8.42 Å². The first-order valence-corrected chi connectivity index (χ1v) is 8.28. The van der Waals surface area contributed by atoms with Crippen LogP contribution in [0, 0.1) is 0 Å². The van der Waals surface area contributed by atoms with E-state index >= 15 is 0 Å². The third kappa shape index (κ3) is 3.91. The lowest BCUT2D eigenvalue weighted by Crippen LogP contribution is -2.23. The highest BCUT2D eigenvalue weighted by Gasteiger charge is 2.17. The molecule has 0 heterocycles. The van der Waals surface area contributed by atoms with Crippen molar-refractivity contribution in [3.8, 4) is 11.5 Å². The van der Waals surface area contributed by atoms with Crippen molar-refractivity contribution in [1.82, 2.24) is 4.72 Å². The molecule has 2 rings (SSSR count). The second-order valence-corrected chi connectivity index (χ2v) is 6.62. The van der Waals surface area contributed by atoms with Gasteiger partial charge in [0.1, 0.15) is 16.4 Å². The summed E-state index contributed by atoms with van der Waals surface area (Å²) in [6, 6.07) is 11.5. The Bertz CT molecular complexity index is 740. The Balaban J connectivity index is 2.21. The van der Waals surface area contributed by atoms with Gasteiger partial charge in [-0.25, -0.2) is 13.1 Å². The topological polar surface area (TPSA) is 64.6 Å². The number of halogens is 1. The van der Waals surface area contributed by atoms with Crippen LogP contribution in [0.25, 0.3) is 0 Å². The smallest absolute Gasteiger partial charge is 0.242 e. The van der Waals surface area contributed by atoms with E-state index in [-0.39, 0.29) is 16.5 Å². The van der Waals surface area contributed by atoms with Gasteiger partial charge in [0, 0.05) is 12.6 Å². The fourth-order valence-electron chi connectivity index (χ4n) is 1.89. The van der Waals surface area contributed by atoms with Gasteiger partial charge in [0.25, 0.3) is 0 Å². The molecule has 0 bridgehead atoms. The zero-order chi connectivity index (χ0) is 16.2. The molecule has 0 unspecified atom stereocenters. The monoisotopic (exact) mass is 341 g/mol. The van der Waals surface area contributed by atoms with Crippen molar-refractivity contribution in [2.24, 2.45) is 0 Å². The summed E-state index contributed by atoms with van der Waals surface area (Å²) in [5, 5.41) is 0.179. The number of rotatable bonds is 6. The van der Waals surface area contributed by atoms with Crippen LogP contribution in [0.15, 0.2) is 47.4 Å². The van der Waals surface area contributed by atoms with Crippen LogP contribution in [0.1, 0.15) is 5.56 Å². The van der Waals surface area contributed by atoms with E-state index in [0.29, 0.717) is 17.1 Å². The maximum Gasteiger partial charge on any atom is 0.242 e. The van der Waals surface area contributed by atoms with Crippen molar-refractivity contribution < 1.29 is 17.9 Å². The Morgan fingerprint density at radius 1 is 1.05 bits per heavy atom. The first-order valence-electron chi connectivity index (χ1n) is 6.42. The zero-order valence-corrected chi connectivity index (χ0v) is 13.7. The molecule has 22 heavy (non-hydrogen) atoms. The SMILES string of the molecule is COc1cc(CNS(=O)(=O)c2ccccc2Cl)cc(OC)c1. The molecule has 0 saturated heterocycles. The van der Waals surface area contributed by atoms with Gasteiger partial charge in [0.15, 0.2) is 0 Å². The normalized spacial score (nSPS) is 11.2. The van der Waals surface area contributed by atoms with Crippen molar-refractivity contribution in [2.45, 2.75) is 11.4 Å². The van der Waals surface area contributed by atoms with Crippen molar-refractivity contribution in [3.05, 3.63) is 53.1 Å². The maximum atomic E-state index is 12.3. The molecule has 2 aromatic carbocycles. The molecular formula is C15H16ClNO4S. The fraction of sp³-hybridized carbons (Fsp3) is 0.200. The van der Waals surface area contributed by atoms with Crippen molar-refractivity contribution in [1.29, 1.82) is 0 Å². The largest absolute Gasteiger partial charge is 0.497 e. The summed E-state index contributed by atoms with van der Waals surface area (Å²) < 4.78 is 37.4. The number of nitrogens with one attached hydrogen (secondary N) is 1. The quantitative estimate of drug-likeness (QED) is 0.877. The summed E-state index contributed by atoms with van der Waals surface area (Å²) >= 11 is 5.93. The van der Waals surface area contributed by atoms with Crippen LogP contribution in [0.4, 0.5) is 0 Å². The predicted molar refractivity (Wildman–Crippen MR) is 85.0 cm³/mol. The summed E-state index contributed by atoms with van der Waals surface area (Å²) in [5.74, 6) is 1.18. The number of methoxy groups -OCH3 is 2. The number of ether oxygens (including phenoxy) is 2. The highest BCUT2D eigenvalue weighted by Crippen LogP contribution is 2.24. The molecule has 0 amide bonds. The van der Waals surface area contributed by atoms with Gasteiger partial charge < -0.3 is 9.47 Å². The Morgan fingerprint density at radius 3 is 2.18 bits per heavy atom. The Kier molecular flexibility index (Phi) is 5.28. The van der Waals surface area contributed by atoms with Gasteiger partial charge in [-0.15, -0.1) is 0 Å². The molecule has 0 aliphatic rings. The molecule has 0 aliphatic heterocycles. The lowest BCUT2D eigenvalue weighted by atomic mass is 10.2. The van der Waals surface area contributed by atoms with Crippen LogP contribution in [0.2, 0.25) is 5.02 Å². The highest BCUT2D eigenvalue weighted by atomic mass is 35.5. The van der Waals surface area contributed by atoms with Gasteiger partial charge >= 0.3 is 0 Å². The molecule has 0 fully saturated rings. The second-order valence-electron chi connectivity index (χ2n) is 4.48. The van der Waals surface area contributed by atoms with Gasteiger partial charge in [-0.3, -0.25) is 0 Å². The molecule has 0 spiro atoms. The highest BCUT2D eigenvalue weighted by molar-refractivity contribution is 7.89. The predicted octanol–water partition coefficient (Wildman–Crippen LogP) is 2.84. The minimum atomic E-state index is -3.69. The molecule has 0 atom stereocenters. The first-order chi connectivity index (χ1) is 10.5. The molecule has 0 radical (unpaired) electrons. The third-order valence-electron chi connectivity index (χ3n) is 3.00. The van der Waals surface area contributed by atoms with E-state index in [2.05, 4.69) is 4.72 Å². The Labute approximate surface area is 134 Å². The van der Waals surface area contributed by atoms with E-state index < -0.39 is 10.0 Å². The van der Waals surface area contributed by atoms with Crippen LogP contribution in [-0.4, -0.2) is 22.6 Å². The minimum Gasteiger partial charge on any atom is -0.497 e. The molecule has 1 N–H and O–H groups in total. The second kappa shape index (κ2) is 7.00. The Morgan fingerprint density at radius 2 is 1.64 bits per heavy atom. The van der Waals surface area contributed by atoms with Crippen molar-refractivity contribution >= 4 is 21.6 Å². The molecule has 5 nitrogen and oxygen atoms in total. The summed E-state index contributed by atoms with van der Waals surface area (Å²) in [6.45, 7) is 0.0983. The lowest BCUT2D eigenvalue weighted by molar-refractivity contribution is 0.393. The lowest BCUT2D eigenvalue weighted by Gasteiger charge is -2.11. The van der Waals surface area contributed by atoms with E-state index in [1.807, 2.05) is 0 Å². The van der Waals surface area contributed by atoms with Gasteiger partial charge in [0.2, 0.25) is 10.0 Å². The van der Waals surface area contributed by atoms with Gasteiger partial charge in [0.05, 0.1) is 19.2 Å². The van der Waals surface area contributed by atoms with Crippen molar-refractivity contribution in [2.75, 3.05) is 14.2 Å². The molecule has 0 aliphatic carbocycles. The van der Waals surface area contributed by atoms with E-state index in [1.165, 1.54) is 26.4 Å². The number of hydrogen-bond donors (Lipinski definition) is 1. The summed E-state index contributed by atoms with van der Waals surface area (Å²) in [6.07, 6.45) is 0. The number of sulfonamides is 1. The van der Waals surface area contributed by atoms with Crippen LogP contribution in [0.3, 0.4) is 0 Å².